The van der Waals surface area contributed by atoms with Crippen molar-refractivity contribution >= 4 is 0 Å². The van der Waals surface area contributed by atoms with Crippen LogP contribution in [0.5, 0.6) is 5.75 Å². The Bertz CT molecular complexity index is 489. The average Bonchev–Trinajstić information content (AvgIpc) is 2.46. The SMILES string of the molecule is COc1ccc(CNC2=CC=C(CN(C)C)CN2)cc1. The van der Waals surface area contributed by atoms with Gasteiger partial charge in [0.05, 0.1) is 12.9 Å². The minimum Gasteiger partial charge on any atom is -0.497 e. The first-order valence-electron chi connectivity index (χ1n) is 6.82. The number of allylic oxidation sites excluding steroid dienone is 2. The number of likely N-dealkylation sites (N-methyl/N-ethyl adjacent to an activating group) is 1. The Labute approximate surface area is 121 Å². The summed E-state index contributed by atoms with van der Waals surface area (Å²) in [4.78, 5) is 2.18. The number of nitrogens with zero attached hydrogens (tertiary/aromatic N) is 1. The smallest absolute Gasteiger partial charge is 0.118 e. The van der Waals surface area contributed by atoms with E-state index in [1.807, 2.05) is 12.1 Å². The number of rotatable bonds is 6. The van der Waals surface area contributed by atoms with E-state index in [1.54, 1.807) is 7.11 Å². The van der Waals surface area contributed by atoms with Crippen molar-refractivity contribution < 1.29 is 4.74 Å². The Morgan fingerprint density at radius 1 is 1.20 bits per heavy atom. The van der Waals surface area contributed by atoms with Gasteiger partial charge >= 0.3 is 0 Å². The highest BCUT2D eigenvalue weighted by atomic mass is 16.5. The van der Waals surface area contributed by atoms with Crippen LogP contribution in [0.3, 0.4) is 0 Å². The molecule has 1 heterocycles. The second-order valence-corrected chi connectivity index (χ2v) is 5.20. The number of hydrogen-bond donors (Lipinski definition) is 2. The molecule has 2 rings (SSSR count). The van der Waals surface area contributed by atoms with Gasteiger partial charge in [0.2, 0.25) is 0 Å². The van der Waals surface area contributed by atoms with Crippen molar-refractivity contribution in [1.29, 1.82) is 0 Å². The summed E-state index contributed by atoms with van der Waals surface area (Å²) in [7, 11) is 5.85. The summed E-state index contributed by atoms with van der Waals surface area (Å²) in [5.74, 6) is 1.96. The van der Waals surface area contributed by atoms with Gasteiger partial charge in [-0.3, -0.25) is 0 Å². The first kappa shape index (κ1) is 14.5. The van der Waals surface area contributed by atoms with Gasteiger partial charge in [0.15, 0.2) is 0 Å². The maximum atomic E-state index is 5.15. The third-order valence-electron chi connectivity index (χ3n) is 3.15. The van der Waals surface area contributed by atoms with E-state index in [4.69, 9.17) is 4.74 Å². The van der Waals surface area contributed by atoms with Gasteiger partial charge in [0.1, 0.15) is 5.75 Å². The van der Waals surface area contributed by atoms with Gasteiger partial charge in [-0.2, -0.15) is 0 Å². The number of ether oxygens (including phenoxy) is 1. The zero-order valence-corrected chi connectivity index (χ0v) is 12.4. The van der Waals surface area contributed by atoms with Gasteiger partial charge in [-0.1, -0.05) is 18.2 Å². The van der Waals surface area contributed by atoms with Crippen LogP contribution in [-0.2, 0) is 6.54 Å². The Morgan fingerprint density at radius 3 is 2.50 bits per heavy atom. The fourth-order valence-corrected chi connectivity index (χ4v) is 2.10. The summed E-state index contributed by atoms with van der Waals surface area (Å²) in [5, 5.41) is 6.80. The second-order valence-electron chi connectivity index (χ2n) is 5.20. The Kier molecular flexibility index (Phi) is 5.07. The van der Waals surface area contributed by atoms with Gasteiger partial charge in [-0.05, 0) is 43.4 Å². The van der Waals surface area contributed by atoms with Gasteiger partial charge < -0.3 is 20.3 Å². The monoisotopic (exact) mass is 273 g/mol. The van der Waals surface area contributed by atoms with Crippen molar-refractivity contribution in [2.45, 2.75) is 6.54 Å². The molecule has 1 aliphatic heterocycles. The molecule has 0 saturated carbocycles. The molecule has 1 aliphatic rings. The van der Waals surface area contributed by atoms with Crippen LogP contribution in [0.4, 0.5) is 0 Å². The van der Waals surface area contributed by atoms with Crippen LogP contribution >= 0.6 is 0 Å². The van der Waals surface area contributed by atoms with Crippen LogP contribution in [0.1, 0.15) is 5.56 Å². The van der Waals surface area contributed by atoms with E-state index in [9.17, 15) is 0 Å². The lowest BCUT2D eigenvalue weighted by molar-refractivity contribution is 0.414. The average molecular weight is 273 g/mol. The van der Waals surface area contributed by atoms with Crippen molar-refractivity contribution in [3.63, 3.8) is 0 Å². The molecule has 4 nitrogen and oxygen atoms in total. The number of dihydropyridines is 1. The minimum absolute atomic E-state index is 0.805. The lowest BCUT2D eigenvalue weighted by Gasteiger charge is -2.20. The molecule has 4 heteroatoms. The lowest BCUT2D eigenvalue weighted by Crippen LogP contribution is -2.32. The van der Waals surface area contributed by atoms with E-state index >= 15 is 0 Å². The molecule has 108 valence electrons. The molecule has 20 heavy (non-hydrogen) atoms. The zero-order valence-electron chi connectivity index (χ0n) is 12.4. The van der Waals surface area contributed by atoms with Crippen LogP contribution in [-0.4, -0.2) is 39.2 Å². The number of benzene rings is 1. The molecule has 0 aliphatic carbocycles. The second kappa shape index (κ2) is 7.01. The van der Waals surface area contributed by atoms with Crippen molar-refractivity contribution in [2.75, 3.05) is 34.3 Å². The van der Waals surface area contributed by atoms with Crippen LogP contribution in [0.15, 0.2) is 47.8 Å². The normalized spacial score (nSPS) is 14.4. The topological polar surface area (TPSA) is 36.5 Å². The van der Waals surface area contributed by atoms with E-state index in [0.717, 1.165) is 31.2 Å². The predicted molar refractivity (Wildman–Crippen MR) is 82.6 cm³/mol. The summed E-state index contributed by atoms with van der Waals surface area (Å²) >= 11 is 0. The van der Waals surface area contributed by atoms with Crippen molar-refractivity contribution in [3.05, 3.63) is 53.4 Å². The fraction of sp³-hybridized carbons (Fsp3) is 0.375. The summed E-state index contributed by atoms with van der Waals surface area (Å²) in [5.41, 5.74) is 2.63. The maximum Gasteiger partial charge on any atom is 0.118 e. The molecule has 0 aromatic heterocycles. The third kappa shape index (κ3) is 4.31. The van der Waals surface area contributed by atoms with Crippen LogP contribution in [0.25, 0.3) is 0 Å². The summed E-state index contributed by atoms with van der Waals surface area (Å²) in [6.07, 6.45) is 4.29. The van der Waals surface area contributed by atoms with Gasteiger partial charge in [-0.25, -0.2) is 0 Å². The molecule has 0 fully saturated rings. The van der Waals surface area contributed by atoms with Gasteiger partial charge in [-0.15, -0.1) is 0 Å². The highest BCUT2D eigenvalue weighted by Gasteiger charge is 2.05. The van der Waals surface area contributed by atoms with E-state index in [0.29, 0.717) is 0 Å². The van der Waals surface area contributed by atoms with E-state index in [-0.39, 0.29) is 0 Å². The standard InChI is InChI=1S/C16H23N3O/c1-19(2)12-14-6-9-16(18-11-14)17-10-13-4-7-15(20-3)8-5-13/h4-9,17-18H,10-12H2,1-3H3. The van der Waals surface area contributed by atoms with Crippen molar-refractivity contribution in [2.24, 2.45) is 0 Å². The largest absolute Gasteiger partial charge is 0.497 e. The summed E-state index contributed by atoms with van der Waals surface area (Å²) in [6, 6.07) is 8.11. The van der Waals surface area contributed by atoms with E-state index in [1.165, 1.54) is 11.1 Å². The van der Waals surface area contributed by atoms with Crippen molar-refractivity contribution in [1.82, 2.24) is 15.5 Å². The molecule has 0 atom stereocenters. The fourth-order valence-electron chi connectivity index (χ4n) is 2.10. The van der Waals surface area contributed by atoms with Gasteiger partial charge in [0.25, 0.3) is 0 Å². The van der Waals surface area contributed by atoms with Crippen LogP contribution in [0, 0.1) is 0 Å². The predicted octanol–water partition coefficient (Wildman–Crippen LogP) is 1.72. The minimum atomic E-state index is 0.805. The van der Waals surface area contributed by atoms with E-state index in [2.05, 4.69) is 53.9 Å². The van der Waals surface area contributed by atoms with Gasteiger partial charge in [0, 0.05) is 19.6 Å². The molecule has 0 amide bonds. The van der Waals surface area contributed by atoms with E-state index < -0.39 is 0 Å². The third-order valence-corrected chi connectivity index (χ3v) is 3.15. The molecule has 0 radical (unpaired) electrons. The van der Waals surface area contributed by atoms with Crippen LogP contribution < -0.4 is 15.4 Å². The first-order chi connectivity index (χ1) is 9.67. The first-order valence-corrected chi connectivity index (χ1v) is 6.82. The Hall–Kier alpha value is -1.94. The Morgan fingerprint density at radius 2 is 1.95 bits per heavy atom. The molecular weight excluding hydrogens is 250 g/mol. The lowest BCUT2D eigenvalue weighted by atomic mass is 10.2. The number of hydrogen-bond acceptors (Lipinski definition) is 4. The quantitative estimate of drug-likeness (QED) is 0.827. The highest BCUT2D eigenvalue weighted by molar-refractivity contribution is 5.28. The maximum absolute atomic E-state index is 5.15. The Balaban J connectivity index is 1.85. The molecule has 0 spiro atoms. The summed E-state index contributed by atoms with van der Waals surface area (Å²) in [6.45, 7) is 2.70. The number of methoxy groups -OCH3 is 1. The zero-order chi connectivity index (χ0) is 14.4. The molecule has 1 aromatic rings. The summed E-state index contributed by atoms with van der Waals surface area (Å²) < 4.78 is 5.15. The molecule has 0 unspecified atom stereocenters. The molecule has 1 aromatic carbocycles. The highest BCUT2D eigenvalue weighted by Crippen LogP contribution is 2.11. The molecule has 2 N–H and O–H groups in total. The number of nitrogens with one attached hydrogen (secondary N) is 2. The molecule has 0 bridgehead atoms. The molecule has 0 saturated heterocycles. The van der Waals surface area contributed by atoms with Crippen molar-refractivity contribution in [3.8, 4) is 5.75 Å². The van der Waals surface area contributed by atoms with Crippen LogP contribution in [0.2, 0.25) is 0 Å². The molecular formula is C16H23N3O.